The molecule has 2 N–H and O–H groups in total. The summed E-state index contributed by atoms with van der Waals surface area (Å²) in [7, 11) is 0. The van der Waals surface area contributed by atoms with Gasteiger partial charge in [-0.1, -0.05) is 78.9 Å². The van der Waals surface area contributed by atoms with Crippen LogP contribution in [0.1, 0.15) is 68.1 Å². The van der Waals surface area contributed by atoms with Gasteiger partial charge in [0.05, 0.1) is 0 Å². The van der Waals surface area contributed by atoms with Gasteiger partial charge in [0.25, 0.3) is 0 Å². The number of hydrogen-bond donors (Lipinski definition) is 2. The van der Waals surface area contributed by atoms with Crippen molar-refractivity contribution in [2.24, 2.45) is 5.16 Å². The van der Waals surface area contributed by atoms with Gasteiger partial charge in [-0.3, -0.25) is 0 Å². The molecule has 2 aliphatic heterocycles. The van der Waals surface area contributed by atoms with Crippen molar-refractivity contribution in [1.29, 1.82) is 0 Å². The van der Waals surface area contributed by atoms with Crippen molar-refractivity contribution >= 4 is 27.2 Å². The first-order valence-corrected chi connectivity index (χ1v) is 20.0. The predicted octanol–water partition coefficient (Wildman–Crippen LogP) is 5.32. The molecule has 51 heavy (non-hydrogen) atoms. The van der Waals surface area contributed by atoms with Crippen molar-refractivity contribution in [2.45, 2.75) is 81.2 Å². The molecule has 2 aliphatic carbocycles. The summed E-state index contributed by atoms with van der Waals surface area (Å²) in [6, 6.07) is 24.9. The summed E-state index contributed by atoms with van der Waals surface area (Å²) in [5.41, 5.74) is 5.32. The van der Waals surface area contributed by atoms with E-state index in [9.17, 15) is 14.4 Å². The molecule has 0 bridgehead atoms. The second-order valence-corrected chi connectivity index (χ2v) is 15.4. The van der Waals surface area contributed by atoms with E-state index in [1.165, 1.54) is 4.90 Å². The van der Waals surface area contributed by atoms with Gasteiger partial charge in [-0.2, -0.15) is 0 Å². The van der Waals surface area contributed by atoms with Crippen LogP contribution >= 0.6 is 0 Å². The minimum absolute atomic E-state index is 0. The number of fused-ring (bicyclic) bond motifs is 3. The Bertz CT molecular complexity index is 1740. The number of nitrogens with zero attached hydrogens (tertiary/aromatic N) is 2. The Morgan fingerprint density at radius 3 is 2.33 bits per heavy atom. The van der Waals surface area contributed by atoms with Crippen LogP contribution in [0.15, 0.2) is 84.0 Å². The molecule has 264 valence electrons. The zero-order chi connectivity index (χ0) is 34.7. The molecule has 10 nitrogen and oxygen atoms in total. The first kappa shape index (κ1) is 36.9. The minimum Gasteiger partial charge on any atom is -0.358 e. The number of carbonyl (C=O) groups excluding carboxylic acids is 3. The SMILES string of the molecule is CCC[C@H](NC(=O)[C@@H]1C[C@]2(CC(c3ccccc3)=NO2)CN1C(=O)OCC1c2ccccc2-c2ccccc21)C(OC[CH]=[Cd])C(=O)NC1CC1.[CH3-]. The molecule has 3 aromatic rings. The predicted molar refractivity (Wildman–Crippen MR) is 192 cm³/mol. The standard InChI is InChI=1S/C39H42N4O6.CH3.Cd/c1-3-12-32(35(47-4-2)37(45)40-26-19-20-26)41-36(44)34-22-39(21-33(42-49-39)25-13-6-5-7-14-25)24-43(34)38(46)48-23-31-29-17-10-8-15-27(29)28-16-9-11-18-30(28)31;;/h2,5-11,13-18,26,31-32,34-35H,3-4,12,19-24H2,1H3,(H,40,45)(H,41,44);1H3;/q;-1;/t32-,34-,35?,39+;;/m0../s1. The largest absolute Gasteiger partial charge is 0.358 e. The van der Waals surface area contributed by atoms with Gasteiger partial charge in [-0.15, -0.1) is 0 Å². The molecule has 0 radical (unpaired) electrons. The number of hydrogen-bond acceptors (Lipinski definition) is 7. The summed E-state index contributed by atoms with van der Waals surface area (Å²) >= 11 is 0.587. The fourth-order valence-electron chi connectivity index (χ4n) is 7.50. The van der Waals surface area contributed by atoms with E-state index >= 15 is 0 Å². The second-order valence-electron chi connectivity index (χ2n) is 13.7. The molecule has 1 spiro atoms. The molecule has 3 aromatic carbocycles. The van der Waals surface area contributed by atoms with Gasteiger partial charge in [0.2, 0.25) is 0 Å². The summed E-state index contributed by atoms with van der Waals surface area (Å²) in [6.07, 6.45) is 2.42. The Kier molecular flexibility index (Phi) is 11.7. The van der Waals surface area contributed by atoms with E-state index in [0.29, 0.717) is 44.7 Å². The van der Waals surface area contributed by atoms with Crippen molar-refractivity contribution in [2.75, 3.05) is 19.8 Å². The number of carbonyl (C=O) groups is 3. The minimum atomic E-state index is -0.894. The summed E-state index contributed by atoms with van der Waals surface area (Å²) in [5, 5.41) is 10.6. The molecule has 7 rings (SSSR count). The summed E-state index contributed by atoms with van der Waals surface area (Å²) in [5.74, 6) is -0.702. The van der Waals surface area contributed by atoms with Crippen molar-refractivity contribution < 1.29 is 54.0 Å². The van der Waals surface area contributed by atoms with Crippen LogP contribution in [0.2, 0.25) is 0 Å². The first-order valence-electron chi connectivity index (χ1n) is 17.6. The van der Waals surface area contributed by atoms with Gasteiger partial charge >= 0.3 is 197 Å². The zero-order valence-corrected chi connectivity index (χ0v) is 33.4. The van der Waals surface area contributed by atoms with Crippen LogP contribution in [-0.4, -0.2) is 81.7 Å². The summed E-state index contributed by atoms with van der Waals surface area (Å²) in [6.45, 7) is 2.62. The quantitative estimate of drug-likeness (QED) is 0.179. The van der Waals surface area contributed by atoms with Crippen LogP contribution in [0.4, 0.5) is 4.79 Å². The van der Waals surface area contributed by atoms with Crippen LogP contribution in [0, 0.1) is 7.43 Å². The molecule has 0 aromatic heterocycles. The van der Waals surface area contributed by atoms with Gasteiger partial charge in [-0.05, 0) is 27.8 Å². The van der Waals surface area contributed by atoms with Crippen molar-refractivity contribution in [3.05, 3.63) is 103 Å². The molecule has 2 heterocycles. The Balaban J connectivity index is 0.00000448. The van der Waals surface area contributed by atoms with Crippen LogP contribution in [0.3, 0.4) is 0 Å². The van der Waals surface area contributed by atoms with Crippen LogP contribution in [-0.2, 0) is 49.2 Å². The van der Waals surface area contributed by atoms with Gasteiger partial charge in [0.1, 0.15) is 0 Å². The number of nitrogens with one attached hydrogen (secondary N) is 2. The molecule has 4 atom stereocenters. The number of oxime groups is 1. The summed E-state index contributed by atoms with van der Waals surface area (Å²) in [4.78, 5) is 49.4. The van der Waals surface area contributed by atoms with Crippen LogP contribution < -0.4 is 10.6 Å². The van der Waals surface area contributed by atoms with E-state index < -0.39 is 29.9 Å². The van der Waals surface area contributed by atoms with Crippen LogP contribution in [0.25, 0.3) is 11.1 Å². The Labute approximate surface area is 315 Å². The van der Waals surface area contributed by atoms with Gasteiger partial charge in [0.15, 0.2) is 0 Å². The average Bonchev–Trinajstić information content (AvgIpc) is 3.59. The van der Waals surface area contributed by atoms with E-state index in [0.717, 1.165) is 52.8 Å². The Morgan fingerprint density at radius 2 is 1.69 bits per heavy atom. The topological polar surface area (TPSA) is 119 Å². The normalized spacial score (nSPS) is 21.4. The molecule has 1 saturated carbocycles. The maximum Gasteiger partial charge on any atom is -0.358 e. The molecule has 2 fully saturated rings. The average molecular weight is 790 g/mol. The first-order chi connectivity index (χ1) is 24.4. The maximum atomic E-state index is 14.3. The monoisotopic (exact) mass is 791 g/mol. The third kappa shape index (κ3) is 7.96. The third-order valence-electron chi connectivity index (χ3n) is 10.1. The van der Waals surface area contributed by atoms with Crippen molar-refractivity contribution in [3.63, 3.8) is 0 Å². The second kappa shape index (κ2) is 16.2. The number of likely N-dealkylation sites (tertiary alicyclic amines) is 1. The molecule has 11 heteroatoms. The molecule has 1 saturated heterocycles. The van der Waals surface area contributed by atoms with E-state index in [1.54, 1.807) is 0 Å². The van der Waals surface area contributed by atoms with Gasteiger partial charge in [-0.25, -0.2) is 0 Å². The maximum absolute atomic E-state index is 14.3. The number of ether oxygens (including phenoxy) is 2. The zero-order valence-electron chi connectivity index (χ0n) is 29.4. The Hall–Kier alpha value is -3.91. The molecular formula is C40H45CdN4O6-. The number of rotatable bonds is 13. The third-order valence-corrected chi connectivity index (χ3v) is 10.8. The van der Waals surface area contributed by atoms with Gasteiger partial charge in [0, 0.05) is 5.92 Å². The van der Waals surface area contributed by atoms with E-state index in [2.05, 4.69) is 40.1 Å². The molecule has 4 aliphatic rings. The number of benzene rings is 3. The van der Waals surface area contributed by atoms with Gasteiger partial charge < -0.3 is 7.43 Å². The summed E-state index contributed by atoms with van der Waals surface area (Å²) < 4.78 is 14.1. The van der Waals surface area contributed by atoms with E-state index in [4.69, 9.17) is 14.3 Å². The van der Waals surface area contributed by atoms with E-state index in [1.807, 2.05) is 65.1 Å². The van der Waals surface area contributed by atoms with Crippen molar-refractivity contribution in [3.8, 4) is 11.1 Å². The van der Waals surface area contributed by atoms with Crippen LogP contribution in [0.5, 0.6) is 0 Å². The molecule has 3 amide bonds. The fourth-order valence-corrected chi connectivity index (χ4v) is 7.89. The molecule has 1 unspecified atom stereocenters. The Morgan fingerprint density at radius 1 is 1.02 bits per heavy atom. The molecular weight excluding hydrogens is 745 g/mol. The number of amides is 3. The smallest absolute Gasteiger partial charge is 0.358 e. The van der Waals surface area contributed by atoms with Crippen molar-refractivity contribution in [1.82, 2.24) is 15.5 Å². The van der Waals surface area contributed by atoms with E-state index in [-0.39, 0.29) is 50.8 Å². The fraction of sp³-hybridized carbons (Fsp3) is 0.400.